The van der Waals surface area contributed by atoms with Crippen molar-refractivity contribution in [3.63, 3.8) is 0 Å². The first-order valence-corrected chi connectivity index (χ1v) is 12.1. The van der Waals surface area contributed by atoms with Crippen molar-refractivity contribution in [2.24, 2.45) is 0 Å². The van der Waals surface area contributed by atoms with Gasteiger partial charge in [0.1, 0.15) is 0 Å². The molecule has 112 valence electrons. The van der Waals surface area contributed by atoms with Gasteiger partial charge in [0.05, 0.1) is 0 Å². The van der Waals surface area contributed by atoms with Crippen LogP contribution in [0.25, 0.3) is 0 Å². The van der Waals surface area contributed by atoms with Gasteiger partial charge >= 0.3 is 132 Å². The third-order valence-corrected chi connectivity index (χ3v) is 14.6. The Bertz CT molecular complexity index is 639. The zero-order valence-corrected chi connectivity index (χ0v) is 14.4. The molecule has 22 heavy (non-hydrogen) atoms. The Morgan fingerprint density at radius 2 is 1.36 bits per heavy atom. The molecule has 3 heterocycles. The van der Waals surface area contributed by atoms with Gasteiger partial charge in [-0.3, -0.25) is 0 Å². The summed E-state index contributed by atoms with van der Waals surface area (Å²) in [6.07, 6.45) is 13.4. The Balaban J connectivity index is 2.00. The van der Waals surface area contributed by atoms with Crippen molar-refractivity contribution in [3.8, 4) is 0 Å². The van der Waals surface area contributed by atoms with Gasteiger partial charge in [0.2, 0.25) is 0 Å². The maximum absolute atomic E-state index is 5.93. The molecule has 1 aliphatic carbocycles. The van der Waals surface area contributed by atoms with Gasteiger partial charge in [-0.05, 0) is 0 Å². The molecule has 4 heteroatoms. The van der Waals surface area contributed by atoms with Crippen molar-refractivity contribution in [2.45, 2.75) is 24.0 Å². The molecule has 0 amide bonds. The van der Waals surface area contributed by atoms with E-state index in [1.165, 1.54) is 6.42 Å². The van der Waals surface area contributed by atoms with Gasteiger partial charge in [-0.2, -0.15) is 0 Å². The van der Waals surface area contributed by atoms with Crippen molar-refractivity contribution in [2.75, 3.05) is 0 Å². The van der Waals surface area contributed by atoms with Crippen LogP contribution < -0.4 is 13.8 Å². The molecule has 0 aliphatic heterocycles. The summed E-state index contributed by atoms with van der Waals surface area (Å²) in [4.78, 5) is 0. The van der Waals surface area contributed by atoms with E-state index in [2.05, 4.69) is 30.4 Å². The summed E-state index contributed by atoms with van der Waals surface area (Å²) in [5, 5.41) is 0. The van der Waals surface area contributed by atoms with Crippen molar-refractivity contribution in [1.82, 2.24) is 0 Å². The average Bonchev–Trinajstić information content (AvgIpc) is 3.34. The molecule has 0 saturated heterocycles. The standard InChI is InChI=1S/C18H18GeO3/c1-2-7-15(8-3-1)19(16-9-4-12-20-16,17-10-5-13-21-17)18-11-6-14-22-18/h2,4-7,9-15H,1,3,8H2. The molecule has 0 spiro atoms. The molecular formula is C18H18GeO3. The molecule has 0 N–H and O–H groups in total. The zero-order valence-electron chi connectivity index (χ0n) is 12.3. The molecule has 0 radical (unpaired) electrons. The molecule has 3 aromatic rings. The summed E-state index contributed by atoms with van der Waals surface area (Å²) in [6.45, 7) is 0. The summed E-state index contributed by atoms with van der Waals surface area (Å²) in [5.74, 6) is 0. The average molecular weight is 355 g/mol. The monoisotopic (exact) mass is 356 g/mol. The maximum atomic E-state index is 5.93. The summed E-state index contributed by atoms with van der Waals surface area (Å²) < 4.78 is 21.3. The Kier molecular flexibility index (Phi) is 3.58. The van der Waals surface area contributed by atoms with E-state index >= 15 is 0 Å². The van der Waals surface area contributed by atoms with Gasteiger partial charge in [-0.25, -0.2) is 0 Å². The van der Waals surface area contributed by atoms with Crippen LogP contribution in [0.5, 0.6) is 0 Å². The molecule has 1 aliphatic rings. The molecule has 1 unspecified atom stereocenters. The molecule has 3 nitrogen and oxygen atoms in total. The van der Waals surface area contributed by atoms with Crippen LogP contribution in [0.3, 0.4) is 0 Å². The van der Waals surface area contributed by atoms with Gasteiger partial charge in [0.25, 0.3) is 0 Å². The normalized spacial score (nSPS) is 18.6. The molecule has 0 bridgehead atoms. The van der Waals surface area contributed by atoms with E-state index in [4.69, 9.17) is 13.3 Å². The zero-order chi connectivity index (χ0) is 14.8. The second-order valence-corrected chi connectivity index (χ2v) is 13.8. The fraction of sp³-hybridized carbons (Fsp3) is 0.222. The predicted octanol–water partition coefficient (Wildman–Crippen LogP) is 3.05. The predicted molar refractivity (Wildman–Crippen MR) is 87.5 cm³/mol. The Morgan fingerprint density at radius 3 is 1.73 bits per heavy atom. The third kappa shape index (κ3) is 2.03. The Labute approximate surface area is 132 Å². The van der Waals surface area contributed by atoms with Crippen molar-refractivity contribution in [3.05, 3.63) is 67.3 Å². The van der Waals surface area contributed by atoms with Gasteiger partial charge in [-0.1, -0.05) is 0 Å². The molecule has 0 aromatic carbocycles. The molecule has 0 fully saturated rings. The van der Waals surface area contributed by atoms with E-state index in [1.807, 2.05) is 18.2 Å². The van der Waals surface area contributed by atoms with Crippen molar-refractivity contribution in [1.29, 1.82) is 0 Å². The summed E-state index contributed by atoms with van der Waals surface area (Å²) >= 11 is -3.12. The summed E-state index contributed by atoms with van der Waals surface area (Å²) in [5.41, 5.74) is 0. The van der Waals surface area contributed by atoms with Gasteiger partial charge in [0.15, 0.2) is 0 Å². The van der Waals surface area contributed by atoms with Crippen LogP contribution in [-0.4, -0.2) is 13.3 Å². The van der Waals surface area contributed by atoms with Crippen LogP contribution in [0.1, 0.15) is 19.3 Å². The number of allylic oxidation sites excluding steroid dienone is 2. The summed E-state index contributed by atoms with van der Waals surface area (Å²) in [6, 6.07) is 12.2. The van der Waals surface area contributed by atoms with Gasteiger partial charge in [-0.15, -0.1) is 0 Å². The Morgan fingerprint density at radius 1 is 0.818 bits per heavy atom. The van der Waals surface area contributed by atoms with Crippen LogP contribution in [0.15, 0.2) is 80.6 Å². The topological polar surface area (TPSA) is 39.4 Å². The van der Waals surface area contributed by atoms with Crippen LogP contribution in [0.4, 0.5) is 0 Å². The number of hydrogen-bond acceptors (Lipinski definition) is 3. The molecule has 1 atom stereocenters. The Hall–Kier alpha value is -1.88. The minimum absolute atomic E-state index is 0.428. The van der Waals surface area contributed by atoms with Crippen LogP contribution >= 0.6 is 0 Å². The summed E-state index contributed by atoms with van der Waals surface area (Å²) in [7, 11) is 0. The van der Waals surface area contributed by atoms with Gasteiger partial charge < -0.3 is 0 Å². The third-order valence-electron chi connectivity index (χ3n) is 4.54. The van der Waals surface area contributed by atoms with E-state index in [0.29, 0.717) is 4.75 Å². The van der Waals surface area contributed by atoms with Crippen LogP contribution in [0, 0.1) is 0 Å². The number of furan rings is 3. The molecule has 0 saturated carbocycles. The van der Waals surface area contributed by atoms with E-state index in [-0.39, 0.29) is 0 Å². The van der Waals surface area contributed by atoms with E-state index < -0.39 is 13.3 Å². The quantitative estimate of drug-likeness (QED) is 0.534. The first-order valence-electron chi connectivity index (χ1n) is 7.71. The molecular weight excluding hydrogens is 337 g/mol. The van der Waals surface area contributed by atoms with E-state index in [9.17, 15) is 0 Å². The molecule has 3 aromatic heterocycles. The van der Waals surface area contributed by atoms with Crippen LogP contribution in [0.2, 0.25) is 4.75 Å². The fourth-order valence-electron chi connectivity index (χ4n) is 3.59. The minimum atomic E-state index is -3.12. The van der Waals surface area contributed by atoms with Crippen molar-refractivity contribution < 1.29 is 13.3 Å². The second-order valence-electron chi connectivity index (χ2n) is 5.71. The first-order chi connectivity index (χ1) is 10.9. The molecule has 4 rings (SSSR count). The first kappa shape index (κ1) is 13.8. The van der Waals surface area contributed by atoms with Crippen LogP contribution in [-0.2, 0) is 0 Å². The van der Waals surface area contributed by atoms with Gasteiger partial charge in [0, 0.05) is 0 Å². The second kappa shape index (κ2) is 5.72. The SMILES string of the molecule is C1=C[CH]([Ge]([c]2ccco2)([c]2ccco2)[c]2ccco2)CCC1. The number of hydrogen-bond donors (Lipinski definition) is 0. The fourth-order valence-corrected chi connectivity index (χ4v) is 13.5. The number of rotatable bonds is 4. The van der Waals surface area contributed by atoms with E-state index in [0.717, 1.165) is 26.6 Å². The van der Waals surface area contributed by atoms with Crippen molar-refractivity contribution >= 4 is 27.0 Å². The van der Waals surface area contributed by atoms with E-state index in [1.54, 1.807) is 18.8 Å².